The van der Waals surface area contributed by atoms with Crippen LogP contribution in [0.5, 0.6) is 5.75 Å². The summed E-state index contributed by atoms with van der Waals surface area (Å²) in [4.78, 5) is 14.2. The zero-order valence-corrected chi connectivity index (χ0v) is 16.1. The van der Waals surface area contributed by atoms with Gasteiger partial charge in [0.15, 0.2) is 0 Å². The van der Waals surface area contributed by atoms with Crippen LogP contribution in [-0.2, 0) is 0 Å². The normalized spacial score (nSPS) is 22.0. The summed E-state index contributed by atoms with van der Waals surface area (Å²) in [6.45, 7) is 5.22. The minimum Gasteiger partial charge on any atom is -0.456 e. The molecule has 0 aliphatic carbocycles. The van der Waals surface area contributed by atoms with Crippen LogP contribution in [0.3, 0.4) is 0 Å². The number of likely N-dealkylation sites (N-methyl/N-ethyl adjacent to an activating group) is 1. The largest absolute Gasteiger partial charge is 0.456 e. The molecule has 3 N–H and O–H groups in total. The van der Waals surface area contributed by atoms with Gasteiger partial charge in [0.1, 0.15) is 11.6 Å². The lowest BCUT2D eigenvalue weighted by Gasteiger charge is -2.38. The van der Waals surface area contributed by atoms with Crippen molar-refractivity contribution in [3.63, 3.8) is 0 Å². The Labute approximate surface area is 164 Å². The predicted molar refractivity (Wildman–Crippen MR) is 112 cm³/mol. The van der Waals surface area contributed by atoms with Crippen LogP contribution in [0.4, 0.5) is 11.5 Å². The van der Waals surface area contributed by atoms with Crippen LogP contribution in [0.1, 0.15) is 6.92 Å². The Kier molecular flexibility index (Phi) is 4.07. The third kappa shape index (κ3) is 3.02. The molecular formula is C21H24N6O. The number of hydrogen-bond donors (Lipinski definition) is 2. The molecule has 0 radical (unpaired) electrons. The van der Waals surface area contributed by atoms with Crippen molar-refractivity contribution in [2.24, 2.45) is 5.73 Å². The first-order valence-electron chi connectivity index (χ1n) is 9.62. The van der Waals surface area contributed by atoms with E-state index < -0.39 is 6.35 Å². The molecule has 3 heterocycles. The molecule has 2 unspecified atom stereocenters. The van der Waals surface area contributed by atoms with Gasteiger partial charge in [0.25, 0.3) is 0 Å². The number of hydrogen-bond acceptors (Lipinski definition) is 7. The fraction of sp³-hybridized carbons (Fsp3) is 0.333. The molecule has 5 rings (SSSR count). The predicted octanol–water partition coefficient (Wildman–Crippen LogP) is 2.48. The first-order valence-corrected chi connectivity index (χ1v) is 9.62. The third-order valence-corrected chi connectivity index (χ3v) is 5.68. The number of ether oxygens (including phenoxy) is 1. The number of rotatable bonds is 2. The monoisotopic (exact) mass is 376 g/mol. The number of benzene rings is 2. The number of anilines is 2. The number of aromatic nitrogens is 2. The van der Waals surface area contributed by atoms with Crippen LogP contribution in [0.15, 0.2) is 42.6 Å². The number of nitrogens with two attached hydrogens (primary N) is 1. The molecule has 2 atom stereocenters. The van der Waals surface area contributed by atoms with Gasteiger partial charge in [-0.05, 0) is 49.4 Å². The minimum absolute atomic E-state index is 0.485. The van der Waals surface area contributed by atoms with Crippen molar-refractivity contribution in [1.82, 2.24) is 14.9 Å². The second-order valence-corrected chi connectivity index (χ2v) is 7.60. The van der Waals surface area contributed by atoms with E-state index in [4.69, 9.17) is 15.5 Å². The van der Waals surface area contributed by atoms with Crippen LogP contribution < -0.4 is 20.7 Å². The minimum atomic E-state index is -0.485. The lowest BCUT2D eigenvalue weighted by Crippen LogP contribution is -2.50. The van der Waals surface area contributed by atoms with Crippen molar-refractivity contribution >= 4 is 22.5 Å². The number of nitrogens with zero attached hydrogens (tertiary/aromatic N) is 4. The first-order chi connectivity index (χ1) is 13.6. The van der Waals surface area contributed by atoms with Crippen molar-refractivity contribution in [3.05, 3.63) is 42.6 Å². The average Bonchev–Trinajstić information content (AvgIpc) is 3.08. The molecule has 0 amide bonds. The van der Waals surface area contributed by atoms with E-state index in [1.54, 1.807) is 0 Å². The second kappa shape index (κ2) is 6.61. The van der Waals surface area contributed by atoms with E-state index in [0.717, 1.165) is 59.0 Å². The SMILES string of the molecule is CC1CN(c2cnc3ccc(-c4ccc5c(c4)NC(N)O5)cc3n2)CCN1C. The molecule has 2 aromatic carbocycles. The Bertz CT molecular complexity index is 1040. The Hall–Kier alpha value is -2.90. The lowest BCUT2D eigenvalue weighted by molar-refractivity contribution is 0.233. The van der Waals surface area contributed by atoms with E-state index in [1.807, 2.05) is 24.4 Å². The maximum atomic E-state index is 5.79. The molecule has 1 saturated heterocycles. The molecule has 144 valence electrons. The zero-order chi connectivity index (χ0) is 19.3. The molecule has 7 nitrogen and oxygen atoms in total. The quantitative estimate of drug-likeness (QED) is 0.711. The molecule has 7 heteroatoms. The Balaban J connectivity index is 1.48. The maximum Gasteiger partial charge on any atom is 0.225 e. The highest BCUT2D eigenvalue weighted by molar-refractivity contribution is 5.83. The van der Waals surface area contributed by atoms with Crippen LogP contribution in [0, 0.1) is 0 Å². The van der Waals surface area contributed by atoms with E-state index in [9.17, 15) is 0 Å². The topological polar surface area (TPSA) is 79.5 Å². The van der Waals surface area contributed by atoms with Crippen molar-refractivity contribution < 1.29 is 4.74 Å². The summed E-state index contributed by atoms with van der Waals surface area (Å²) in [7, 11) is 2.17. The highest BCUT2D eigenvalue weighted by atomic mass is 16.5. The zero-order valence-electron chi connectivity index (χ0n) is 16.1. The highest BCUT2D eigenvalue weighted by Crippen LogP contribution is 2.35. The van der Waals surface area contributed by atoms with E-state index in [1.165, 1.54) is 0 Å². The molecule has 2 aliphatic rings. The molecule has 0 saturated carbocycles. The van der Waals surface area contributed by atoms with Crippen LogP contribution in [0.25, 0.3) is 22.2 Å². The van der Waals surface area contributed by atoms with Gasteiger partial charge >= 0.3 is 0 Å². The molecule has 2 aliphatic heterocycles. The molecule has 0 spiro atoms. The van der Waals surface area contributed by atoms with Gasteiger partial charge in [-0.15, -0.1) is 0 Å². The van der Waals surface area contributed by atoms with Gasteiger partial charge in [-0.3, -0.25) is 10.7 Å². The van der Waals surface area contributed by atoms with E-state index in [2.05, 4.69) is 52.3 Å². The molecule has 1 fully saturated rings. The third-order valence-electron chi connectivity index (χ3n) is 5.68. The van der Waals surface area contributed by atoms with Crippen molar-refractivity contribution in [2.75, 3.05) is 36.9 Å². The first kappa shape index (κ1) is 17.2. The van der Waals surface area contributed by atoms with Gasteiger partial charge in [0.2, 0.25) is 6.35 Å². The number of fused-ring (bicyclic) bond motifs is 2. The fourth-order valence-electron chi connectivity index (χ4n) is 3.83. The summed E-state index contributed by atoms with van der Waals surface area (Å²) in [5.74, 6) is 1.72. The van der Waals surface area contributed by atoms with Gasteiger partial charge in [-0.25, -0.2) is 4.98 Å². The summed E-state index contributed by atoms with van der Waals surface area (Å²) >= 11 is 0. The fourth-order valence-corrected chi connectivity index (χ4v) is 3.83. The van der Waals surface area contributed by atoms with Crippen LogP contribution >= 0.6 is 0 Å². The van der Waals surface area contributed by atoms with E-state index >= 15 is 0 Å². The summed E-state index contributed by atoms with van der Waals surface area (Å²) < 4.78 is 5.50. The summed E-state index contributed by atoms with van der Waals surface area (Å²) in [5.41, 5.74) is 10.7. The van der Waals surface area contributed by atoms with Gasteiger partial charge in [-0.2, -0.15) is 0 Å². The molecule has 28 heavy (non-hydrogen) atoms. The Morgan fingerprint density at radius 1 is 1.11 bits per heavy atom. The number of nitrogens with one attached hydrogen (secondary N) is 1. The standard InChI is InChI=1S/C21H24N6O/c1-13-12-27(8-7-26(13)2)20-11-23-16-5-3-14(9-17(16)24-20)15-4-6-19-18(10-15)25-21(22)28-19/h3-6,9-11,13,21,25H,7-8,12,22H2,1-2H3. The average molecular weight is 376 g/mol. The van der Waals surface area contributed by atoms with Crippen LogP contribution in [0.2, 0.25) is 0 Å². The van der Waals surface area contributed by atoms with Crippen molar-refractivity contribution in [3.8, 4) is 16.9 Å². The van der Waals surface area contributed by atoms with E-state index in [-0.39, 0.29) is 0 Å². The lowest BCUT2D eigenvalue weighted by atomic mass is 10.0. The second-order valence-electron chi connectivity index (χ2n) is 7.60. The Morgan fingerprint density at radius 3 is 2.79 bits per heavy atom. The summed E-state index contributed by atoms with van der Waals surface area (Å²) in [6, 6.07) is 12.8. The summed E-state index contributed by atoms with van der Waals surface area (Å²) in [5, 5.41) is 3.12. The molecule has 3 aromatic rings. The van der Waals surface area contributed by atoms with Gasteiger partial charge in [0, 0.05) is 25.7 Å². The van der Waals surface area contributed by atoms with Gasteiger partial charge in [0.05, 0.1) is 22.9 Å². The van der Waals surface area contributed by atoms with Crippen LogP contribution in [-0.4, -0.2) is 53.9 Å². The molecule has 0 bridgehead atoms. The van der Waals surface area contributed by atoms with Crippen molar-refractivity contribution in [2.45, 2.75) is 19.3 Å². The van der Waals surface area contributed by atoms with Crippen molar-refractivity contribution in [1.29, 1.82) is 0 Å². The Morgan fingerprint density at radius 2 is 1.93 bits per heavy atom. The van der Waals surface area contributed by atoms with E-state index in [0.29, 0.717) is 6.04 Å². The summed E-state index contributed by atoms with van der Waals surface area (Å²) in [6.07, 6.45) is 1.40. The highest BCUT2D eigenvalue weighted by Gasteiger charge is 2.22. The maximum absolute atomic E-state index is 5.79. The molecular weight excluding hydrogens is 352 g/mol. The smallest absolute Gasteiger partial charge is 0.225 e. The number of piperazine rings is 1. The van der Waals surface area contributed by atoms with Gasteiger partial charge in [-0.1, -0.05) is 12.1 Å². The molecule has 1 aromatic heterocycles. The van der Waals surface area contributed by atoms with Gasteiger partial charge < -0.3 is 19.9 Å².